The number of nitrogens with two attached hydrogens (primary N) is 1. The summed E-state index contributed by atoms with van der Waals surface area (Å²) in [6.07, 6.45) is 3.95. The number of piperazine rings is 1. The predicted octanol–water partition coefficient (Wildman–Crippen LogP) is 2.77. The van der Waals surface area contributed by atoms with Crippen LogP contribution in [0.3, 0.4) is 0 Å². The average Bonchev–Trinajstić information content (AvgIpc) is 2.86. The van der Waals surface area contributed by atoms with E-state index >= 15 is 0 Å². The Balaban J connectivity index is 1.18. The number of para-hydroxylation sites is 1. The van der Waals surface area contributed by atoms with Crippen molar-refractivity contribution in [2.75, 3.05) is 52.9 Å². The van der Waals surface area contributed by atoms with E-state index in [4.69, 9.17) is 10.5 Å². The second-order valence-electron chi connectivity index (χ2n) is 9.59. The number of likely N-dealkylation sites (tertiary alicyclic amines) is 1. The van der Waals surface area contributed by atoms with Crippen LogP contribution in [-0.2, 0) is 17.8 Å². The standard InChI is InChI=1S/C27H38N4O2/c1-33-25-10-6-5-9-24(25)21-30-17-19-31(20-18-30)26(32)22-29-15-13-27(28,14-16-29)12-11-23-7-3-2-4-8-23/h2-10H,11-22,28H2,1H3. The second kappa shape index (κ2) is 11.1. The Kier molecular flexibility index (Phi) is 8.02. The van der Waals surface area contributed by atoms with Crippen LogP contribution in [0, 0.1) is 0 Å². The number of hydrogen-bond donors (Lipinski definition) is 1. The van der Waals surface area contributed by atoms with Gasteiger partial charge >= 0.3 is 0 Å². The molecule has 2 fully saturated rings. The Hall–Kier alpha value is -2.41. The van der Waals surface area contributed by atoms with Crippen LogP contribution in [0.1, 0.15) is 30.4 Å². The maximum absolute atomic E-state index is 12.9. The minimum atomic E-state index is -0.112. The fourth-order valence-electron chi connectivity index (χ4n) is 4.97. The third kappa shape index (κ3) is 6.56. The molecule has 2 saturated heterocycles. The monoisotopic (exact) mass is 450 g/mol. The van der Waals surface area contributed by atoms with E-state index in [1.807, 2.05) is 23.1 Å². The molecule has 2 aromatic carbocycles. The van der Waals surface area contributed by atoms with Crippen LogP contribution in [0.2, 0.25) is 0 Å². The molecule has 1 amide bonds. The smallest absolute Gasteiger partial charge is 0.236 e. The number of rotatable bonds is 8. The molecule has 0 unspecified atom stereocenters. The zero-order valence-electron chi connectivity index (χ0n) is 19.9. The summed E-state index contributed by atoms with van der Waals surface area (Å²) in [4.78, 5) is 19.6. The van der Waals surface area contributed by atoms with Gasteiger partial charge in [-0.25, -0.2) is 0 Å². The number of ether oxygens (including phenoxy) is 1. The minimum absolute atomic E-state index is 0.112. The first-order valence-corrected chi connectivity index (χ1v) is 12.2. The molecule has 0 radical (unpaired) electrons. The Morgan fingerprint density at radius 1 is 0.909 bits per heavy atom. The summed E-state index contributed by atoms with van der Waals surface area (Å²) >= 11 is 0. The van der Waals surface area contributed by atoms with Gasteiger partial charge in [0.05, 0.1) is 13.7 Å². The molecule has 0 atom stereocenters. The number of hydrogen-bond acceptors (Lipinski definition) is 5. The Bertz CT molecular complexity index is 888. The molecule has 2 aliphatic heterocycles. The van der Waals surface area contributed by atoms with Crippen LogP contribution in [-0.4, -0.2) is 79.1 Å². The lowest BCUT2D eigenvalue weighted by Gasteiger charge is -2.40. The van der Waals surface area contributed by atoms with Crippen molar-refractivity contribution < 1.29 is 9.53 Å². The number of benzene rings is 2. The normalized spacial score (nSPS) is 19.4. The highest BCUT2D eigenvalue weighted by Gasteiger charge is 2.32. The molecule has 2 aromatic rings. The molecule has 0 aromatic heterocycles. The number of piperidine rings is 1. The highest BCUT2D eigenvalue weighted by Crippen LogP contribution is 2.25. The van der Waals surface area contributed by atoms with E-state index in [0.717, 1.165) is 77.2 Å². The van der Waals surface area contributed by atoms with Crippen LogP contribution in [0.25, 0.3) is 0 Å². The van der Waals surface area contributed by atoms with Crippen molar-refractivity contribution in [3.63, 3.8) is 0 Å². The van der Waals surface area contributed by atoms with Crippen molar-refractivity contribution >= 4 is 5.91 Å². The van der Waals surface area contributed by atoms with Gasteiger partial charge in [0.25, 0.3) is 0 Å². The molecule has 0 bridgehead atoms. The highest BCUT2D eigenvalue weighted by molar-refractivity contribution is 5.78. The summed E-state index contributed by atoms with van der Waals surface area (Å²) in [6.45, 7) is 6.57. The van der Waals surface area contributed by atoms with E-state index in [9.17, 15) is 4.79 Å². The van der Waals surface area contributed by atoms with Crippen molar-refractivity contribution in [3.05, 3.63) is 65.7 Å². The molecule has 0 saturated carbocycles. The quantitative estimate of drug-likeness (QED) is 0.670. The number of carbonyl (C=O) groups excluding carboxylic acids is 1. The number of carbonyl (C=O) groups is 1. The molecule has 178 valence electrons. The molecule has 33 heavy (non-hydrogen) atoms. The number of nitrogens with zero attached hydrogens (tertiary/aromatic N) is 3. The summed E-state index contributed by atoms with van der Waals surface area (Å²) in [7, 11) is 1.72. The van der Waals surface area contributed by atoms with E-state index in [1.165, 1.54) is 11.1 Å². The van der Waals surface area contributed by atoms with E-state index in [2.05, 4.69) is 46.2 Å². The van der Waals surface area contributed by atoms with Gasteiger partial charge in [-0.05, 0) is 37.3 Å². The lowest BCUT2D eigenvalue weighted by Crippen LogP contribution is -2.54. The highest BCUT2D eigenvalue weighted by atomic mass is 16.5. The van der Waals surface area contributed by atoms with Gasteiger partial charge in [0, 0.05) is 56.9 Å². The number of amides is 1. The predicted molar refractivity (Wildman–Crippen MR) is 132 cm³/mol. The molecule has 6 heteroatoms. The van der Waals surface area contributed by atoms with E-state index < -0.39 is 0 Å². The van der Waals surface area contributed by atoms with E-state index in [-0.39, 0.29) is 11.4 Å². The van der Waals surface area contributed by atoms with Gasteiger partial charge in [-0.15, -0.1) is 0 Å². The maximum atomic E-state index is 12.9. The zero-order valence-corrected chi connectivity index (χ0v) is 19.9. The zero-order chi connectivity index (χ0) is 23.1. The van der Waals surface area contributed by atoms with Crippen molar-refractivity contribution in [2.45, 2.75) is 37.8 Å². The van der Waals surface area contributed by atoms with Gasteiger partial charge in [-0.3, -0.25) is 14.6 Å². The molecule has 0 spiro atoms. The first-order chi connectivity index (χ1) is 16.0. The van der Waals surface area contributed by atoms with Gasteiger partial charge < -0.3 is 15.4 Å². The SMILES string of the molecule is COc1ccccc1CN1CCN(C(=O)CN2CCC(N)(CCc3ccccc3)CC2)CC1. The molecular weight excluding hydrogens is 412 g/mol. The van der Waals surface area contributed by atoms with Gasteiger partial charge in [-0.2, -0.15) is 0 Å². The molecule has 2 heterocycles. The van der Waals surface area contributed by atoms with Crippen LogP contribution < -0.4 is 10.5 Å². The fourth-order valence-corrected chi connectivity index (χ4v) is 4.97. The average molecular weight is 451 g/mol. The maximum Gasteiger partial charge on any atom is 0.236 e. The molecule has 4 rings (SSSR count). The van der Waals surface area contributed by atoms with Gasteiger partial charge in [-0.1, -0.05) is 48.5 Å². The minimum Gasteiger partial charge on any atom is -0.496 e. The second-order valence-corrected chi connectivity index (χ2v) is 9.59. The summed E-state index contributed by atoms with van der Waals surface area (Å²) in [5.74, 6) is 1.18. The summed E-state index contributed by atoms with van der Waals surface area (Å²) in [5.41, 5.74) is 9.15. The third-order valence-electron chi connectivity index (χ3n) is 7.28. The van der Waals surface area contributed by atoms with Crippen molar-refractivity contribution in [1.82, 2.24) is 14.7 Å². The van der Waals surface area contributed by atoms with Gasteiger partial charge in [0.1, 0.15) is 5.75 Å². The van der Waals surface area contributed by atoms with Crippen molar-refractivity contribution in [2.24, 2.45) is 5.73 Å². The summed E-state index contributed by atoms with van der Waals surface area (Å²) in [5, 5.41) is 0. The van der Waals surface area contributed by atoms with Crippen LogP contribution in [0.15, 0.2) is 54.6 Å². The Morgan fingerprint density at radius 2 is 1.58 bits per heavy atom. The van der Waals surface area contributed by atoms with Crippen molar-refractivity contribution in [3.8, 4) is 5.75 Å². The third-order valence-corrected chi connectivity index (χ3v) is 7.28. The lowest BCUT2D eigenvalue weighted by atomic mass is 9.83. The fraction of sp³-hybridized carbons (Fsp3) is 0.519. The largest absolute Gasteiger partial charge is 0.496 e. The Labute approximate surface area is 198 Å². The number of aryl methyl sites for hydroxylation is 1. The first kappa shape index (κ1) is 23.7. The molecule has 0 aliphatic carbocycles. The van der Waals surface area contributed by atoms with Crippen LogP contribution in [0.4, 0.5) is 0 Å². The summed E-state index contributed by atoms with van der Waals surface area (Å²) in [6, 6.07) is 18.7. The summed E-state index contributed by atoms with van der Waals surface area (Å²) < 4.78 is 5.48. The molecular formula is C27H38N4O2. The molecule has 2 N–H and O–H groups in total. The van der Waals surface area contributed by atoms with E-state index in [1.54, 1.807) is 7.11 Å². The van der Waals surface area contributed by atoms with E-state index in [0.29, 0.717) is 6.54 Å². The number of methoxy groups -OCH3 is 1. The van der Waals surface area contributed by atoms with Gasteiger partial charge in [0.15, 0.2) is 0 Å². The lowest BCUT2D eigenvalue weighted by molar-refractivity contribution is -0.134. The van der Waals surface area contributed by atoms with Crippen LogP contribution >= 0.6 is 0 Å². The van der Waals surface area contributed by atoms with Crippen LogP contribution in [0.5, 0.6) is 5.75 Å². The Morgan fingerprint density at radius 3 is 2.27 bits per heavy atom. The topological polar surface area (TPSA) is 62.0 Å². The molecule has 2 aliphatic rings. The molecule has 6 nitrogen and oxygen atoms in total. The first-order valence-electron chi connectivity index (χ1n) is 12.2. The van der Waals surface area contributed by atoms with Crippen molar-refractivity contribution in [1.29, 1.82) is 0 Å². The van der Waals surface area contributed by atoms with Gasteiger partial charge in [0.2, 0.25) is 5.91 Å².